The molecule has 0 aromatic carbocycles. The maximum absolute atomic E-state index is 10.8. The Bertz CT molecular complexity index is 317. The van der Waals surface area contributed by atoms with Gasteiger partial charge in [-0.25, -0.2) is 4.79 Å². The summed E-state index contributed by atoms with van der Waals surface area (Å²) in [5.74, 6) is 0.340. The van der Waals surface area contributed by atoms with Gasteiger partial charge < -0.3 is 9.15 Å². The van der Waals surface area contributed by atoms with Gasteiger partial charge in [0.05, 0.1) is 6.61 Å². The molecule has 0 radical (unpaired) electrons. The van der Waals surface area contributed by atoms with Gasteiger partial charge in [-0.05, 0) is 6.92 Å². The quantitative estimate of drug-likeness (QED) is 0.514. The highest BCUT2D eigenvalue weighted by molar-refractivity contribution is 5.86. The zero-order chi connectivity index (χ0) is 9.68. The van der Waals surface area contributed by atoms with E-state index in [0.29, 0.717) is 18.4 Å². The predicted octanol–water partition coefficient (Wildman–Crippen LogP) is 0.954. The maximum Gasteiger partial charge on any atom is 0.330 e. The first-order chi connectivity index (χ1) is 6.22. The molecule has 1 rings (SSSR count). The molecule has 70 valence electrons. The third-order valence-electron chi connectivity index (χ3n) is 1.19. The molecular weight excluding hydrogens is 172 g/mol. The van der Waals surface area contributed by atoms with E-state index < -0.39 is 5.97 Å². The number of aryl methyl sites for hydroxylation is 1. The fourth-order valence-corrected chi connectivity index (χ4v) is 0.709. The predicted molar refractivity (Wildman–Crippen MR) is 44.7 cm³/mol. The van der Waals surface area contributed by atoms with Crippen LogP contribution in [0.15, 0.2) is 10.5 Å². The summed E-state index contributed by atoms with van der Waals surface area (Å²) in [7, 11) is 0. The van der Waals surface area contributed by atoms with Crippen molar-refractivity contribution < 1.29 is 13.9 Å². The van der Waals surface area contributed by atoms with E-state index in [0.717, 1.165) is 0 Å². The van der Waals surface area contributed by atoms with E-state index in [9.17, 15) is 4.79 Å². The minimum atomic E-state index is -0.418. The summed E-state index contributed by atoms with van der Waals surface area (Å²) >= 11 is 0. The minimum Gasteiger partial charge on any atom is -0.463 e. The Kier molecular flexibility index (Phi) is 3.19. The van der Waals surface area contributed by atoms with Crippen molar-refractivity contribution in [1.29, 1.82) is 0 Å². The van der Waals surface area contributed by atoms with Crippen molar-refractivity contribution in [1.82, 2.24) is 10.2 Å². The molecule has 0 atom stereocenters. The largest absolute Gasteiger partial charge is 0.463 e. The number of carbonyl (C=O) groups excluding carboxylic acids is 1. The lowest BCUT2D eigenvalue weighted by Gasteiger charge is -1.92. The number of ether oxygens (including phenoxy) is 1. The van der Waals surface area contributed by atoms with E-state index in [-0.39, 0.29) is 0 Å². The van der Waals surface area contributed by atoms with Crippen molar-refractivity contribution in [3.63, 3.8) is 0 Å². The van der Waals surface area contributed by atoms with Gasteiger partial charge in [-0.1, -0.05) is 0 Å². The molecule has 5 heteroatoms. The second kappa shape index (κ2) is 4.39. The van der Waals surface area contributed by atoms with Crippen LogP contribution in [-0.4, -0.2) is 22.8 Å². The van der Waals surface area contributed by atoms with Gasteiger partial charge in [0.1, 0.15) is 0 Å². The molecule has 0 aliphatic heterocycles. The van der Waals surface area contributed by atoms with E-state index >= 15 is 0 Å². The normalized spacial score (nSPS) is 10.6. The topological polar surface area (TPSA) is 65.2 Å². The van der Waals surface area contributed by atoms with Gasteiger partial charge in [-0.15, -0.1) is 10.2 Å². The van der Waals surface area contributed by atoms with Crippen molar-refractivity contribution in [3.05, 3.63) is 17.9 Å². The molecule has 0 aliphatic rings. The first kappa shape index (κ1) is 9.44. The van der Waals surface area contributed by atoms with E-state index in [1.165, 1.54) is 12.2 Å². The van der Waals surface area contributed by atoms with Crippen LogP contribution in [0, 0.1) is 6.92 Å². The number of hydrogen-bond acceptors (Lipinski definition) is 5. The first-order valence-corrected chi connectivity index (χ1v) is 3.87. The van der Waals surface area contributed by atoms with Crippen molar-refractivity contribution in [3.8, 4) is 0 Å². The van der Waals surface area contributed by atoms with E-state index in [1.807, 2.05) is 0 Å². The lowest BCUT2D eigenvalue weighted by atomic mass is 10.5. The van der Waals surface area contributed by atoms with Crippen molar-refractivity contribution in [2.45, 2.75) is 13.8 Å². The van der Waals surface area contributed by atoms with E-state index in [1.54, 1.807) is 13.8 Å². The molecule has 5 nitrogen and oxygen atoms in total. The second-order valence-electron chi connectivity index (χ2n) is 2.24. The van der Waals surface area contributed by atoms with E-state index in [4.69, 9.17) is 4.42 Å². The van der Waals surface area contributed by atoms with Gasteiger partial charge in [-0.3, -0.25) is 0 Å². The van der Waals surface area contributed by atoms with Crippen LogP contribution in [0.2, 0.25) is 0 Å². The van der Waals surface area contributed by atoms with Gasteiger partial charge in [0.25, 0.3) is 0 Å². The molecule has 0 unspecified atom stereocenters. The van der Waals surface area contributed by atoms with Crippen LogP contribution in [-0.2, 0) is 9.53 Å². The molecule has 0 saturated heterocycles. The summed E-state index contributed by atoms with van der Waals surface area (Å²) < 4.78 is 9.65. The highest BCUT2D eigenvalue weighted by atomic mass is 16.5. The Balaban J connectivity index is 2.53. The van der Waals surface area contributed by atoms with Gasteiger partial charge in [0.15, 0.2) is 0 Å². The minimum absolute atomic E-state index is 0.297. The molecule has 13 heavy (non-hydrogen) atoms. The number of nitrogens with zero attached hydrogens (tertiary/aromatic N) is 2. The monoisotopic (exact) mass is 182 g/mol. The standard InChI is InChI=1S/C8H10N2O3/c1-3-12-8(11)5-4-7-10-9-6(2)13-7/h4-5H,3H2,1-2H3. The second-order valence-corrected chi connectivity index (χ2v) is 2.24. The summed E-state index contributed by atoms with van der Waals surface area (Å²) in [6, 6.07) is 0. The molecule has 1 aromatic rings. The third-order valence-corrected chi connectivity index (χ3v) is 1.19. The molecule has 1 heterocycles. The summed E-state index contributed by atoms with van der Waals surface area (Å²) in [4.78, 5) is 10.8. The molecule has 0 amide bonds. The molecule has 0 aliphatic carbocycles. The number of esters is 1. The fraction of sp³-hybridized carbons (Fsp3) is 0.375. The molecule has 0 saturated carbocycles. The van der Waals surface area contributed by atoms with Crippen LogP contribution in [0.25, 0.3) is 6.08 Å². The molecule has 0 N–H and O–H groups in total. The number of aromatic nitrogens is 2. The maximum atomic E-state index is 10.8. The Morgan fingerprint density at radius 1 is 1.62 bits per heavy atom. The lowest BCUT2D eigenvalue weighted by molar-refractivity contribution is -0.137. The third kappa shape index (κ3) is 3.06. The van der Waals surface area contributed by atoms with Gasteiger partial charge in [0.2, 0.25) is 11.8 Å². The highest BCUT2D eigenvalue weighted by Crippen LogP contribution is 1.99. The van der Waals surface area contributed by atoms with Crippen LogP contribution in [0.3, 0.4) is 0 Å². The average molecular weight is 182 g/mol. The molecular formula is C8H10N2O3. The van der Waals surface area contributed by atoms with Crippen LogP contribution in [0.4, 0.5) is 0 Å². The highest BCUT2D eigenvalue weighted by Gasteiger charge is 1.98. The van der Waals surface area contributed by atoms with Crippen LogP contribution < -0.4 is 0 Å². The summed E-state index contributed by atoms with van der Waals surface area (Å²) in [6.07, 6.45) is 2.66. The Hall–Kier alpha value is -1.65. The van der Waals surface area contributed by atoms with Crippen molar-refractivity contribution >= 4 is 12.0 Å². The fourth-order valence-electron chi connectivity index (χ4n) is 0.709. The molecule has 0 spiro atoms. The van der Waals surface area contributed by atoms with Gasteiger partial charge in [0, 0.05) is 19.1 Å². The van der Waals surface area contributed by atoms with Crippen molar-refractivity contribution in [2.24, 2.45) is 0 Å². The van der Waals surface area contributed by atoms with Crippen LogP contribution in [0.5, 0.6) is 0 Å². The zero-order valence-corrected chi connectivity index (χ0v) is 7.48. The Labute approximate surface area is 75.4 Å². The number of rotatable bonds is 3. The Morgan fingerprint density at radius 3 is 2.92 bits per heavy atom. The number of hydrogen-bond donors (Lipinski definition) is 0. The number of carbonyl (C=O) groups is 1. The molecule has 0 fully saturated rings. The van der Waals surface area contributed by atoms with Crippen LogP contribution >= 0.6 is 0 Å². The SMILES string of the molecule is CCOC(=O)C=Cc1nnc(C)o1. The zero-order valence-electron chi connectivity index (χ0n) is 7.48. The van der Waals surface area contributed by atoms with Crippen molar-refractivity contribution in [2.75, 3.05) is 6.61 Å². The summed E-state index contributed by atoms with van der Waals surface area (Å²) in [5.41, 5.74) is 0. The summed E-state index contributed by atoms with van der Waals surface area (Å²) in [5, 5.41) is 7.26. The van der Waals surface area contributed by atoms with Gasteiger partial charge in [-0.2, -0.15) is 0 Å². The Morgan fingerprint density at radius 2 is 2.38 bits per heavy atom. The first-order valence-electron chi connectivity index (χ1n) is 3.87. The molecule has 0 bridgehead atoms. The summed E-state index contributed by atoms with van der Waals surface area (Å²) in [6.45, 7) is 3.77. The van der Waals surface area contributed by atoms with E-state index in [2.05, 4.69) is 14.9 Å². The average Bonchev–Trinajstić information content (AvgIpc) is 2.49. The van der Waals surface area contributed by atoms with Gasteiger partial charge >= 0.3 is 5.97 Å². The molecule has 1 aromatic heterocycles. The van der Waals surface area contributed by atoms with Crippen LogP contribution in [0.1, 0.15) is 18.7 Å². The lowest BCUT2D eigenvalue weighted by Crippen LogP contribution is -1.98. The smallest absolute Gasteiger partial charge is 0.330 e.